The van der Waals surface area contributed by atoms with Crippen LogP contribution in [0.3, 0.4) is 0 Å². The molecule has 0 bridgehead atoms. The van der Waals surface area contributed by atoms with Crippen LogP contribution in [0.15, 0.2) is 30.3 Å². The SMILES string of the molecule is Fc1c(Cl)cc(NC2Cc3ccc(Cl)cc3C2)cc1Cl. The van der Waals surface area contributed by atoms with Gasteiger partial charge in [0.05, 0.1) is 10.0 Å². The van der Waals surface area contributed by atoms with E-state index in [1.54, 1.807) is 12.1 Å². The molecule has 0 heterocycles. The van der Waals surface area contributed by atoms with Gasteiger partial charge in [-0.15, -0.1) is 0 Å². The Morgan fingerprint density at radius 1 is 0.950 bits per heavy atom. The summed E-state index contributed by atoms with van der Waals surface area (Å²) in [5.74, 6) is -0.583. The van der Waals surface area contributed by atoms with Crippen LogP contribution in [0.5, 0.6) is 0 Å². The molecule has 2 aromatic rings. The van der Waals surface area contributed by atoms with Crippen molar-refractivity contribution in [3.05, 3.63) is 62.3 Å². The van der Waals surface area contributed by atoms with Crippen LogP contribution < -0.4 is 5.32 Å². The van der Waals surface area contributed by atoms with E-state index in [2.05, 4.69) is 5.32 Å². The predicted octanol–water partition coefficient (Wildman–Crippen LogP) is 5.37. The number of rotatable bonds is 2. The molecule has 0 radical (unpaired) electrons. The van der Waals surface area contributed by atoms with Crippen LogP contribution in [0.1, 0.15) is 11.1 Å². The molecule has 5 heteroatoms. The van der Waals surface area contributed by atoms with E-state index < -0.39 is 5.82 Å². The number of benzene rings is 2. The first-order valence-corrected chi connectivity index (χ1v) is 7.34. The minimum absolute atomic E-state index is 0.0264. The zero-order chi connectivity index (χ0) is 14.3. The minimum Gasteiger partial charge on any atom is -0.382 e. The highest BCUT2D eigenvalue weighted by atomic mass is 35.5. The lowest BCUT2D eigenvalue weighted by molar-refractivity contribution is 0.628. The average molecular weight is 331 g/mol. The van der Waals surface area contributed by atoms with Gasteiger partial charge in [-0.25, -0.2) is 4.39 Å². The fourth-order valence-electron chi connectivity index (χ4n) is 2.56. The van der Waals surface area contributed by atoms with Crippen molar-refractivity contribution in [2.75, 3.05) is 5.32 Å². The second-order valence-corrected chi connectivity index (χ2v) is 6.17. The van der Waals surface area contributed by atoms with Gasteiger partial charge in [-0.05, 0) is 48.2 Å². The van der Waals surface area contributed by atoms with Gasteiger partial charge in [-0.1, -0.05) is 40.9 Å². The summed E-state index contributed by atoms with van der Waals surface area (Å²) in [5, 5.41) is 4.14. The van der Waals surface area contributed by atoms with Crippen LogP contribution >= 0.6 is 34.8 Å². The molecule has 1 nitrogen and oxygen atoms in total. The monoisotopic (exact) mass is 329 g/mol. The Hall–Kier alpha value is -0.960. The Balaban J connectivity index is 1.78. The van der Waals surface area contributed by atoms with Gasteiger partial charge in [0.1, 0.15) is 0 Å². The molecule has 0 saturated heterocycles. The van der Waals surface area contributed by atoms with Crippen LogP contribution in [0.25, 0.3) is 0 Å². The van der Waals surface area contributed by atoms with E-state index in [9.17, 15) is 4.39 Å². The van der Waals surface area contributed by atoms with Crippen LogP contribution in [0.2, 0.25) is 15.1 Å². The highest BCUT2D eigenvalue weighted by molar-refractivity contribution is 6.35. The van der Waals surface area contributed by atoms with E-state index in [0.29, 0.717) is 0 Å². The van der Waals surface area contributed by atoms with Crippen molar-refractivity contribution < 1.29 is 4.39 Å². The van der Waals surface area contributed by atoms with Gasteiger partial charge in [0.15, 0.2) is 5.82 Å². The third kappa shape index (κ3) is 2.73. The van der Waals surface area contributed by atoms with Gasteiger partial charge < -0.3 is 5.32 Å². The van der Waals surface area contributed by atoms with Crippen molar-refractivity contribution in [3.63, 3.8) is 0 Å². The lowest BCUT2D eigenvalue weighted by Crippen LogP contribution is -2.19. The molecular weight excluding hydrogens is 320 g/mol. The maximum Gasteiger partial charge on any atom is 0.160 e. The molecule has 0 saturated carbocycles. The van der Waals surface area contributed by atoms with E-state index in [1.807, 2.05) is 18.2 Å². The molecule has 1 N–H and O–H groups in total. The molecule has 1 aliphatic carbocycles. The highest BCUT2D eigenvalue weighted by Gasteiger charge is 2.22. The van der Waals surface area contributed by atoms with E-state index in [1.165, 1.54) is 11.1 Å². The van der Waals surface area contributed by atoms with E-state index in [-0.39, 0.29) is 16.1 Å². The maximum atomic E-state index is 13.4. The second kappa shape index (κ2) is 5.44. The second-order valence-electron chi connectivity index (χ2n) is 4.92. The maximum absolute atomic E-state index is 13.4. The fraction of sp³-hybridized carbons (Fsp3) is 0.200. The molecule has 0 fully saturated rings. The first-order valence-electron chi connectivity index (χ1n) is 6.21. The Morgan fingerprint density at radius 3 is 2.30 bits per heavy atom. The molecule has 0 aliphatic heterocycles. The molecule has 1 unspecified atom stereocenters. The zero-order valence-corrected chi connectivity index (χ0v) is 12.7. The summed E-state index contributed by atoms with van der Waals surface area (Å²) in [4.78, 5) is 0. The van der Waals surface area contributed by atoms with Crippen molar-refractivity contribution in [2.24, 2.45) is 0 Å². The topological polar surface area (TPSA) is 12.0 Å². The van der Waals surface area contributed by atoms with Crippen molar-refractivity contribution in [2.45, 2.75) is 18.9 Å². The summed E-state index contributed by atoms with van der Waals surface area (Å²) in [6.07, 6.45) is 1.78. The summed E-state index contributed by atoms with van der Waals surface area (Å²) >= 11 is 17.6. The van der Waals surface area contributed by atoms with Gasteiger partial charge in [0.2, 0.25) is 0 Å². The van der Waals surface area contributed by atoms with Gasteiger partial charge in [-0.3, -0.25) is 0 Å². The average Bonchev–Trinajstić information content (AvgIpc) is 2.77. The van der Waals surface area contributed by atoms with Crippen molar-refractivity contribution in [3.8, 4) is 0 Å². The normalized spacial score (nSPS) is 17.1. The van der Waals surface area contributed by atoms with Gasteiger partial charge >= 0.3 is 0 Å². The molecule has 20 heavy (non-hydrogen) atoms. The Kier molecular flexibility index (Phi) is 3.80. The van der Waals surface area contributed by atoms with E-state index in [4.69, 9.17) is 34.8 Å². The first kappa shape index (κ1) is 14.0. The van der Waals surface area contributed by atoms with Crippen molar-refractivity contribution in [1.82, 2.24) is 0 Å². The van der Waals surface area contributed by atoms with Crippen LogP contribution in [0, 0.1) is 5.82 Å². The quantitative estimate of drug-likeness (QED) is 0.730. The smallest absolute Gasteiger partial charge is 0.160 e. The molecule has 3 rings (SSSR count). The summed E-state index contributed by atoms with van der Waals surface area (Å²) in [7, 11) is 0. The molecule has 1 atom stereocenters. The van der Waals surface area contributed by atoms with Gasteiger partial charge in [0, 0.05) is 16.8 Å². The molecule has 2 aromatic carbocycles. The van der Waals surface area contributed by atoms with Gasteiger partial charge in [-0.2, -0.15) is 0 Å². The molecule has 0 aromatic heterocycles. The molecule has 1 aliphatic rings. The minimum atomic E-state index is -0.583. The molecule has 104 valence electrons. The summed E-state index contributed by atoms with van der Waals surface area (Å²) in [6, 6.07) is 9.28. The predicted molar refractivity (Wildman–Crippen MR) is 82.7 cm³/mol. The lowest BCUT2D eigenvalue weighted by Gasteiger charge is -2.14. The van der Waals surface area contributed by atoms with Gasteiger partial charge in [0.25, 0.3) is 0 Å². The number of hydrogen-bond donors (Lipinski definition) is 1. The number of fused-ring (bicyclic) bond motifs is 1. The molecule has 0 spiro atoms. The third-order valence-corrected chi connectivity index (χ3v) is 4.24. The van der Waals surface area contributed by atoms with Crippen LogP contribution in [-0.2, 0) is 12.8 Å². The Labute approximate surface area is 131 Å². The van der Waals surface area contributed by atoms with Crippen LogP contribution in [-0.4, -0.2) is 6.04 Å². The van der Waals surface area contributed by atoms with Crippen molar-refractivity contribution >= 4 is 40.5 Å². The molecular formula is C15H11Cl3FN. The fourth-order valence-corrected chi connectivity index (χ4v) is 3.25. The first-order chi connectivity index (χ1) is 9.52. The van der Waals surface area contributed by atoms with E-state index >= 15 is 0 Å². The van der Waals surface area contributed by atoms with Crippen LogP contribution in [0.4, 0.5) is 10.1 Å². The summed E-state index contributed by atoms with van der Waals surface area (Å²) < 4.78 is 13.4. The lowest BCUT2D eigenvalue weighted by atomic mass is 10.1. The Bertz CT molecular complexity index is 649. The number of anilines is 1. The number of halogens is 4. The number of nitrogens with one attached hydrogen (secondary N) is 1. The summed E-state index contributed by atoms with van der Waals surface area (Å²) in [6.45, 7) is 0. The highest BCUT2D eigenvalue weighted by Crippen LogP contribution is 2.31. The summed E-state index contributed by atoms with van der Waals surface area (Å²) in [5.41, 5.74) is 3.26. The largest absolute Gasteiger partial charge is 0.382 e. The van der Waals surface area contributed by atoms with E-state index in [0.717, 1.165) is 23.6 Å². The third-order valence-electron chi connectivity index (χ3n) is 3.46. The Morgan fingerprint density at radius 2 is 1.60 bits per heavy atom. The zero-order valence-electron chi connectivity index (χ0n) is 10.4. The van der Waals surface area contributed by atoms with Crippen molar-refractivity contribution in [1.29, 1.82) is 0 Å². The molecule has 0 amide bonds. The number of hydrogen-bond acceptors (Lipinski definition) is 1. The standard InChI is InChI=1S/C15H11Cl3FN/c16-10-2-1-8-4-11(5-9(8)3-10)20-12-6-13(17)15(19)14(18)7-12/h1-3,6-7,11,20H,4-5H2.